The second-order valence-electron chi connectivity index (χ2n) is 4.78. The molecule has 0 amide bonds. The molecule has 0 radical (unpaired) electrons. The molecule has 0 aromatic rings. The molecule has 0 spiro atoms. The number of carbonyl (C=O) groups is 1. The average Bonchev–Trinajstić information content (AvgIpc) is 2.38. The van der Waals surface area contributed by atoms with Crippen molar-refractivity contribution in [2.45, 2.75) is 42.7 Å². The summed E-state index contributed by atoms with van der Waals surface area (Å²) in [6.07, 6.45) is -10.6. The lowest BCUT2D eigenvalue weighted by atomic mass is 9.91. The van der Waals surface area contributed by atoms with Gasteiger partial charge in [-0.2, -0.15) is 0 Å². The number of aliphatic hydroxyl groups excluding tert-OH is 4. The number of aliphatic carboxylic acids is 1. The van der Waals surface area contributed by atoms with Crippen LogP contribution >= 0.6 is 7.82 Å². The minimum absolute atomic E-state index is 0.887. The molecular weight excluding hydrogens is 331 g/mol. The summed E-state index contributed by atoms with van der Waals surface area (Å²) in [5.74, 6) is -4.80. The first-order valence-corrected chi connectivity index (χ1v) is 7.46. The second-order valence-corrected chi connectivity index (χ2v) is 6.02. The number of phosphoric acid groups is 1. The minimum Gasteiger partial charge on any atom is -0.477 e. The van der Waals surface area contributed by atoms with Gasteiger partial charge in [0.1, 0.15) is 24.4 Å². The van der Waals surface area contributed by atoms with E-state index in [0.717, 1.165) is 0 Å². The van der Waals surface area contributed by atoms with Crippen LogP contribution in [0.25, 0.3) is 0 Å². The summed E-state index contributed by atoms with van der Waals surface area (Å²) in [6, 6.07) is 0. The number of carboxylic acid groups (broad SMARTS) is 1. The van der Waals surface area contributed by atoms with E-state index < -0.39 is 63.1 Å². The van der Waals surface area contributed by atoms with Crippen LogP contribution in [-0.2, 0) is 18.6 Å². The van der Waals surface area contributed by atoms with Gasteiger partial charge in [-0.1, -0.05) is 0 Å². The predicted molar refractivity (Wildman–Crippen MR) is 64.1 cm³/mol. The van der Waals surface area contributed by atoms with Crippen LogP contribution in [-0.4, -0.2) is 89.3 Å². The Labute approximate surface area is 123 Å². The van der Waals surface area contributed by atoms with Crippen LogP contribution in [0.4, 0.5) is 0 Å². The molecule has 13 heteroatoms. The SMILES string of the molecule is O=C(O)[C@]1(O)C[C@H](O)[C@@H](O)[C@H]([C@H](O)[C@H](O)COP(=O)(O)O)O1. The van der Waals surface area contributed by atoms with Crippen LogP contribution in [0.1, 0.15) is 6.42 Å². The van der Waals surface area contributed by atoms with Crippen LogP contribution in [0.3, 0.4) is 0 Å². The van der Waals surface area contributed by atoms with E-state index >= 15 is 0 Å². The molecule has 1 aliphatic rings. The topological polar surface area (TPSA) is 214 Å². The number of carboxylic acids is 1. The summed E-state index contributed by atoms with van der Waals surface area (Å²) < 4.78 is 19.0. The zero-order chi connectivity index (χ0) is 17.3. The number of hydrogen-bond acceptors (Lipinski definition) is 9. The minimum atomic E-state index is -4.94. The quantitative estimate of drug-likeness (QED) is 0.216. The van der Waals surface area contributed by atoms with E-state index in [9.17, 15) is 34.9 Å². The van der Waals surface area contributed by atoms with Gasteiger partial charge in [0.05, 0.1) is 12.7 Å². The Morgan fingerprint density at radius 1 is 1.36 bits per heavy atom. The fraction of sp³-hybridized carbons (Fsp3) is 0.889. The van der Waals surface area contributed by atoms with Crippen molar-refractivity contribution >= 4 is 13.8 Å². The molecule has 1 fully saturated rings. The summed E-state index contributed by atoms with van der Waals surface area (Å²) in [5.41, 5.74) is 0. The summed E-state index contributed by atoms with van der Waals surface area (Å²) >= 11 is 0. The monoisotopic (exact) mass is 348 g/mol. The largest absolute Gasteiger partial charge is 0.477 e. The lowest BCUT2D eigenvalue weighted by molar-refractivity contribution is -0.312. The molecule has 1 heterocycles. The fourth-order valence-electron chi connectivity index (χ4n) is 1.87. The van der Waals surface area contributed by atoms with E-state index in [2.05, 4.69) is 9.26 Å². The summed E-state index contributed by atoms with van der Waals surface area (Å²) in [6.45, 7) is -1.07. The van der Waals surface area contributed by atoms with Crippen LogP contribution in [0.5, 0.6) is 0 Å². The predicted octanol–water partition coefficient (Wildman–Crippen LogP) is -3.90. The van der Waals surface area contributed by atoms with Gasteiger partial charge in [0.15, 0.2) is 0 Å². The lowest BCUT2D eigenvalue weighted by Crippen LogP contribution is -2.63. The van der Waals surface area contributed by atoms with Crippen molar-refractivity contribution in [1.82, 2.24) is 0 Å². The molecule has 8 N–H and O–H groups in total. The fourth-order valence-corrected chi connectivity index (χ4v) is 2.21. The average molecular weight is 348 g/mol. The Hall–Kier alpha value is -0.660. The van der Waals surface area contributed by atoms with Gasteiger partial charge in [-0.25, -0.2) is 9.36 Å². The van der Waals surface area contributed by atoms with Crippen LogP contribution in [0.15, 0.2) is 0 Å². The Bertz CT molecular complexity index is 450. The van der Waals surface area contributed by atoms with Crippen LogP contribution < -0.4 is 0 Å². The Kier molecular flexibility index (Phi) is 6.03. The number of phosphoric ester groups is 1. The molecule has 0 saturated carbocycles. The van der Waals surface area contributed by atoms with E-state index in [1.54, 1.807) is 0 Å². The van der Waals surface area contributed by atoms with E-state index in [4.69, 9.17) is 14.9 Å². The molecule has 1 aliphatic heterocycles. The van der Waals surface area contributed by atoms with Crippen LogP contribution in [0, 0.1) is 0 Å². The van der Waals surface area contributed by atoms with Crippen molar-refractivity contribution in [3.05, 3.63) is 0 Å². The van der Waals surface area contributed by atoms with E-state index in [0.29, 0.717) is 0 Å². The van der Waals surface area contributed by atoms with Crippen molar-refractivity contribution in [3.63, 3.8) is 0 Å². The smallest absolute Gasteiger partial charge is 0.469 e. The maximum Gasteiger partial charge on any atom is 0.469 e. The summed E-state index contributed by atoms with van der Waals surface area (Å²) in [5, 5.41) is 56.9. The highest BCUT2D eigenvalue weighted by molar-refractivity contribution is 7.46. The zero-order valence-electron chi connectivity index (χ0n) is 11.0. The van der Waals surface area contributed by atoms with Crippen molar-refractivity contribution in [1.29, 1.82) is 0 Å². The third-order valence-electron chi connectivity index (χ3n) is 3.03. The first-order chi connectivity index (χ1) is 9.87. The standard InChI is InChI=1S/C9H17O12P/c10-3-1-9(16,8(14)15)21-7(5(3)12)6(13)4(11)2-20-22(17,18)19/h3-7,10-13,16H,1-2H2,(H,14,15)(H2,17,18,19)/t3-,4+,5+,6+,7+,9-/m0/s1. The normalized spacial score (nSPS) is 35.9. The highest BCUT2D eigenvalue weighted by atomic mass is 31.2. The van der Waals surface area contributed by atoms with Gasteiger partial charge in [0, 0.05) is 6.42 Å². The van der Waals surface area contributed by atoms with Gasteiger partial charge in [0.25, 0.3) is 5.79 Å². The summed E-state index contributed by atoms with van der Waals surface area (Å²) in [7, 11) is -4.94. The number of ether oxygens (including phenoxy) is 1. The van der Waals surface area contributed by atoms with Gasteiger partial charge < -0.3 is 45.2 Å². The van der Waals surface area contributed by atoms with Crippen molar-refractivity contribution < 1.29 is 59.0 Å². The van der Waals surface area contributed by atoms with Gasteiger partial charge in [0.2, 0.25) is 0 Å². The van der Waals surface area contributed by atoms with Gasteiger partial charge in [-0.3, -0.25) is 4.52 Å². The summed E-state index contributed by atoms with van der Waals surface area (Å²) in [4.78, 5) is 27.8. The van der Waals surface area contributed by atoms with Gasteiger partial charge >= 0.3 is 13.8 Å². The number of rotatable bonds is 6. The maximum absolute atomic E-state index is 10.9. The molecule has 0 aromatic heterocycles. The Morgan fingerprint density at radius 3 is 2.36 bits per heavy atom. The Balaban J connectivity index is 2.82. The molecule has 12 nitrogen and oxygen atoms in total. The van der Waals surface area contributed by atoms with Gasteiger partial charge in [-0.05, 0) is 0 Å². The zero-order valence-corrected chi connectivity index (χ0v) is 11.9. The maximum atomic E-state index is 10.9. The molecule has 1 saturated heterocycles. The molecule has 0 aromatic carbocycles. The first-order valence-electron chi connectivity index (χ1n) is 5.93. The first kappa shape index (κ1) is 19.4. The van der Waals surface area contributed by atoms with E-state index in [1.165, 1.54) is 0 Å². The third-order valence-corrected chi connectivity index (χ3v) is 3.51. The van der Waals surface area contributed by atoms with Gasteiger partial charge in [-0.15, -0.1) is 0 Å². The number of hydrogen-bond donors (Lipinski definition) is 8. The second kappa shape index (κ2) is 6.84. The van der Waals surface area contributed by atoms with E-state index in [-0.39, 0.29) is 0 Å². The number of aliphatic hydroxyl groups is 5. The highest BCUT2D eigenvalue weighted by Crippen LogP contribution is 2.36. The Morgan fingerprint density at radius 2 is 1.91 bits per heavy atom. The molecule has 0 unspecified atom stereocenters. The van der Waals surface area contributed by atoms with Crippen molar-refractivity contribution in [3.8, 4) is 0 Å². The molecule has 0 aliphatic carbocycles. The molecule has 22 heavy (non-hydrogen) atoms. The molecule has 0 bridgehead atoms. The molecule has 130 valence electrons. The van der Waals surface area contributed by atoms with Crippen molar-refractivity contribution in [2.75, 3.05) is 6.61 Å². The van der Waals surface area contributed by atoms with Crippen molar-refractivity contribution in [2.24, 2.45) is 0 Å². The molecule has 6 atom stereocenters. The third kappa shape index (κ3) is 4.67. The van der Waals surface area contributed by atoms with E-state index in [1.807, 2.05) is 0 Å². The molecular formula is C9H17O12P. The molecule has 1 rings (SSSR count). The van der Waals surface area contributed by atoms with Crippen LogP contribution in [0.2, 0.25) is 0 Å². The highest BCUT2D eigenvalue weighted by Gasteiger charge is 2.53. The lowest BCUT2D eigenvalue weighted by Gasteiger charge is -2.42.